The van der Waals surface area contributed by atoms with Crippen molar-refractivity contribution in [3.63, 3.8) is 0 Å². The number of likely N-dealkylation sites (tertiary alicyclic amines) is 2. The molecular weight excluding hydrogens is 360 g/mol. The molecule has 154 valence electrons. The lowest BCUT2D eigenvalue weighted by atomic mass is 9.93. The van der Waals surface area contributed by atoms with E-state index in [1.54, 1.807) is 18.1 Å². The molecule has 2 aliphatic rings. The molecule has 28 heavy (non-hydrogen) atoms. The predicted molar refractivity (Wildman–Crippen MR) is 104 cm³/mol. The number of piperidine rings is 2. The monoisotopic (exact) mass is 390 g/mol. The zero-order valence-corrected chi connectivity index (χ0v) is 16.5. The van der Waals surface area contributed by atoms with Crippen LogP contribution in [-0.2, 0) is 9.53 Å². The van der Waals surface area contributed by atoms with Crippen LogP contribution in [0.25, 0.3) is 0 Å². The zero-order valence-electron chi connectivity index (χ0n) is 16.5. The summed E-state index contributed by atoms with van der Waals surface area (Å²) in [6.07, 6.45) is 5.20. The number of carbonyl (C=O) groups excluding carboxylic acids is 2. The van der Waals surface area contributed by atoms with Gasteiger partial charge in [0.25, 0.3) is 5.91 Å². The van der Waals surface area contributed by atoms with Crippen molar-refractivity contribution in [3.05, 3.63) is 24.0 Å². The Bertz CT molecular complexity index is 676. The summed E-state index contributed by atoms with van der Waals surface area (Å²) in [6, 6.07) is 3.48. The van der Waals surface area contributed by atoms with E-state index >= 15 is 0 Å². The molecule has 1 aromatic rings. The van der Waals surface area contributed by atoms with Gasteiger partial charge in [0.15, 0.2) is 5.69 Å². The molecule has 0 unspecified atom stereocenters. The van der Waals surface area contributed by atoms with Gasteiger partial charge >= 0.3 is 0 Å². The van der Waals surface area contributed by atoms with Crippen LogP contribution in [0.5, 0.6) is 5.75 Å². The zero-order chi connectivity index (χ0) is 19.9. The number of amides is 2. The first-order valence-corrected chi connectivity index (χ1v) is 10.0. The van der Waals surface area contributed by atoms with E-state index in [0.29, 0.717) is 32.3 Å². The fourth-order valence-corrected chi connectivity index (χ4v) is 4.12. The Morgan fingerprint density at radius 1 is 1.29 bits per heavy atom. The van der Waals surface area contributed by atoms with E-state index in [9.17, 15) is 14.7 Å². The molecule has 1 atom stereocenters. The standard InChI is InChI=1S/C20H30N4O4/c1-28-13-9-22-19(26)15-4-3-10-24(14-15)16-6-11-23(12-7-16)20(27)18-17(25)5-2-8-21-18/h2,5,8,15-16,25H,3-4,6-7,9-14H2,1H3,(H,22,26)/t15-/m1/s1. The number of hydrogen-bond donors (Lipinski definition) is 2. The predicted octanol–water partition coefficient (Wildman–Crippen LogP) is 0.866. The number of methoxy groups -OCH3 is 1. The Hall–Kier alpha value is -2.19. The van der Waals surface area contributed by atoms with Crippen LogP contribution >= 0.6 is 0 Å². The van der Waals surface area contributed by atoms with E-state index in [-0.39, 0.29) is 29.2 Å². The summed E-state index contributed by atoms with van der Waals surface area (Å²) in [7, 11) is 1.63. The van der Waals surface area contributed by atoms with Crippen molar-refractivity contribution in [1.29, 1.82) is 0 Å². The van der Waals surface area contributed by atoms with Gasteiger partial charge in [0.2, 0.25) is 5.91 Å². The third-order valence-electron chi connectivity index (χ3n) is 5.69. The minimum Gasteiger partial charge on any atom is -0.505 e. The van der Waals surface area contributed by atoms with Gasteiger partial charge in [0, 0.05) is 45.5 Å². The minimum absolute atomic E-state index is 0.0238. The van der Waals surface area contributed by atoms with E-state index in [4.69, 9.17) is 4.74 Å². The van der Waals surface area contributed by atoms with E-state index in [1.165, 1.54) is 12.3 Å². The molecule has 2 N–H and O–H groups in total. The number of rotatable bonds is 6. The molecule has 3 heterocycles. The maximum absolute atomic E-state index is 12.6. The summed E-state index contributed by atoms with van der Waals surface area (Å²) in [6.45, 7) is 4.13. The van der Waals surface area contributed by atoms with Crippen molar-refractivity contribution in [1.82, 2.24) is 20.1 Å². The number of aromatic hydroxyl groups is 1. The van der Waals surface area contributed by atoms with Gasteiger partial charge in [0.05, 0.1) is 12.5 Å². The minimum atomic E-state index is -0.217. The van der Waals surface area contributed by atoms with Crippen molar-refractivity contribution in [2.75, 3.05) is 46.4 Å². The van der Waals surface area contributed by atoms with Gasteiger partial charge in [-0.1, -0.05) is 0 Å². The third kappa shape index (κ3) is 4.99. The SMILES string of the molecule is COCCNC(=O)[C@@H]1CCCN(C2CCN(C(=O)c3ncccc3O)CC2)C1. The topological polar surface area (TPSA) is 95.0 Å². The second kappa shape index (κ2) is 9.84. The van der Waals surface area contributed by atoms with Crippen LogP contribution < -0.4 is 5.32 Å². The largest absolute Gasteiger partial charge is 0.505 e. The average Bonchev–Trinajstić information content (AvgIpc) is 2.74. The normalized spacial score (nSPS) is 21.5. The maximum Gasteiger partial charge on any atom is 0.276 e. The molecule has 2 amide bonds. The van der Waals surface area contributed by atoms with Crippen LogP contribution in [0.4, 0.5) is 0 Å². The highest BCUT2D eigenvalue weighted by Gasteiger charge is 2.33. The number of pyridine rings is 1. The number of ether oxygens (including phenoxy) is 1. The fourth-order valence-electron chi connectivity index (χ4n) is 4.12. The number of nitrogens with zero attached hydrogens (tertiary/aromatic N) is 3. The lowest BCUT2D eigenvalue weighted by Gasteiger charge is -2.42. The first kappa shape index (κ1) is 20.5. The average molecular weight is 390 g/mol. The maximum atomic E-state index is 12.6. The van der Waals surface area contributed by atoms with E-state index in [1.807, 2.05) is 0 Å². The molecule has 0 bridgehead atoms. The van der Waals surface area contributed by atoms with Crippen LogP contribution in [0.3, 0.4) is 0 Å². The van der Waals surface area contributed by atoms with Gasteiger partial charge in [-0.15, -0.1) is 0 Å². The second-order valence-electron chi connectivity index (χ2n) is 7.51. The number of nitrogens with one attached hydrogen (secondary N) is 1. The molecular formula is C20H30N4O4. The van der Waals surface area contributed by atoms with E-state index in [0.717, 1.165) is 38.8 Å². The Balaban J connectivity index is 1.49. The Kier molecular flexibility index (Phi) is 7.22. The van der Waals surface area contributed by atoms with Crippen molar-refractivity contribution >= 4 is 11.8 Å². The van der Waals surface area contributed by atoms with Gasteiger partial charge < -0.3 is 20.1 Å². The quantitative estimate of drug-likeness (QED) is 0.700. The Morgan fingerprint density at radius 2 is 2.07 bits per heavy atom. The highest BCUT2D eigenvalue weighted by Crippen LogP contribution is 2.25. The lowest BCUT2D eigenvalue weighted by molar-refractivity contribution is -0.127. The molecule has 3 rings (SSSR count). The van der Waals surface area contributed by atoms with Crippen LogP contribution in [0.15, 0.2) is 18.3 Å². The second-order valence-corrected chi connectivity index (χ2v) is 7.51. The molecule has 0 aromatic carbocycles. The molecule has 8 nitrogen and oxygen atoms in total. The number of hydrogen-bond acceptors (Lipinski definition) is 6. The van der Waals surface area contributed by atoms with E-state index < -0.39 is 0 Å². The highest BCUT2D eigenvalue weighted by atomic mass is 16.5. The van der Waals surface area contributed by atoms with Crippen LogP contribution in [0, 0.1) is 5.92 Å². The van der Waals surface area contributed by atoms with Gasteiger partial charge in [-0.2, -0.15) is 0 Å². The van der Waals surface area contributed by atoms with Crippen molar-refractivity contribution < 1.29 is 19.4 Å². The summed E-state index contributed by atoms with van der Waals surface area (Å²) in [5.74, 6) is -0.158. The fraction of sp³-hybridized carbons (Fsp3) is 0.650. The molecule has 2 aliphatic heterocycles. The molecule has 0 spiro atoms. The molecule has 0 saturated carbocycles. The van der Waals surface area contributed by atoms with Crippen LogP contribution in [0.2, 0.25) is 0 Å². The highest BCUT2D eigenvalue weighted by molar-refractivity contribution is 5.94. The molecule has 8 heteroatoms. The molecule has 0 radical (unpaired) electrons. The third-order valence-corrected chi connectivity index (χ3v) is 5.69. The smallest absolute Gasteiger partial charge is 0.276 e. The first-order valence-electron chi connectivity index (χ1n) is 10.0. The van der Waals surface area contributed by atoms with Gasteiger partial charge in [-0.25, -0.2) is 4.98 Å². The van der Waals surface area contributed by atoms with Crippen molar-refractivity contribution in [3.8, 4) is 5.75 Å². The molecule has 2 fully saturated rings. The van der Waals surface area contributed by atoms with Crippen LogP contribution in [-0.4, -0.2) is 84.2 Å². The molecule has 2 saturated heterocycles. The summed E-state index contributed by atoms with van der Waals surface area (Å²) >= 11 is 0. The van der Waals surface area contributed by atoms with E-state index in [2.05, 4.69) is 15.2 Å². The summed E-state index contributed by atoms with van der Waals surface area (Å²) in [5.41, 5.74) is 0.117. The lowest BCUT2D eigenvalue weighted by Crippen LogP contribution is -2.51. The van der Waals surface area contributed by atoms with Crippen molar-refractivity contribution in [2.24, 2.45) is 5.92 Å². The Morgan fingerprint density at radius 3 is 2.79 bits per heavy atom. The number of carbonyl (C=O) groups is 2. The number of aromatic nitrogens is 1. The molecule has 0 aliphatic carbocycles. The summed E-state index contributed by atoms with van der Waals surface area (Å²) in [5, 5.41) is 12.8. The molecule has 1 aromatic heterocycles. The van der Waals surface area contributed by atoms with Crippen LogP contribution in [0.1, 0.15) is 36.2 Å². The van der Waals surface area contributed by atoms with Gasteiger partial charge in [-0.3, -0.25) is 14.5 Å². The Labute approximate surface area is 165 Å². The summed E-state index contributed by atoms with van der Waals surface area (Å²) < 4.78 is 4.99. The van der Waals surface area contributed by atoms with Gasteiger partial charge in [0.1, 0.15) is 5.75 Å². The van der Waals surface area contributed by atoms with Gasteiger partial charge in [-0.05, 0) is 44.4 Å². The first-order chi connectivity index (χ1) is 13.6. The van der Waals surface area contributed by atoms with Crippen molar-refractivity contribution in [2.45, 2.75) is 31.7 Å². The summed E-state index contributed by atoms with van der Waals surface area (Å²) in [4.78, 5) is 33.1.